The number of nitrogens with one attached hydrogen (secondary N) is 2. The number of sulfonamides is 1. The lowest BCUT2D eigenvalue weighted by atomic mass is 10.1. The molecule has 8 heteroatoms. The number of carbonyl (C=O) groups is 1. The summed E-state index contributed by atoms with van der Waals surface area (Å²) in [6.07, 6.45) is 2.09. The van der Waals surface area contributed by atoms with Crippen molar-refractivity contribution in [3.63, 3.8) is 0 Å². The van der Waals surface area contributed by atoms with Crippen molar-refractivity contribution in [2.45, 2.75) is 47.1 Å². The number of anilines is 2. The average Bonchev–Trinajstić information content (AvgIpc) is 2.79. The SMILES string of the molecule is Cc1nn(CC(C)C)c(C)c1CCC(=O)Nc1ccc(NS(C)(=O)=O)cc1. The zero-order chi connectivity index (χ0) is 20.2. The summed E-state index contributed by atoms with van der Waals surface area (Å²) in [6.45, 7) is 9.20. The van der Waals surface area contributed by atoms with Crippen LogP contribution in [0.3, 0.4) is 0 Å². The van der Waals surface area contributed by atoms with Crippen LogP contribution in [0.15, 0.2) is 24.3 Å². The van der Waals surface area contributed by atoms with Gasteiger partial charge in [0.2, 0.25) is 15.9 Å². The molecule has 2 aromatic rings. The van der Waals surface area contributed by atoms with E-state index in [0.717, 1.165) is 29.8 Å². The Labute approximate surface area is 161 Å². The van der Waals surface area contributed by atoms with Gasteiger partial charge in [0.25, 0.3) is 0 Å². The van der Waals surface area contributed by atoms with E-state index in [9.17, 15) is 13.2 Å². The number of carbonyl (C=O) groups excluding carboxylic acids is 1. The molecule has 0 saturated carbocycles. The van der Waals surface area contributed by atoms with Gasteiger partial charge in [0, 0.05) is 30.0 Å². The number of hydrogen-bond donors (Lipinski definition) is 2. The molecule has 2 rings (SSSR count). The summed E-state index contributed by atoms with van der Waals surface area (Å²) in [4.78, 5) is 12.3. The van der Waals surface area contributed by atoms with Crippen LogP contribution in [0.25, 0.3) is 0 Å². The molecule has 0 aliphatic carbocycles. The molecule has 0 bridgehead atoms. The summed E-state index contributed by atoms with van der Waals surface area (Å²) in [7, 11) is -3.31. The van der Waals surface area contributed by atoms with Crippen molar-refractivity contribution in [3.05, 3.63) is 41.2 Å². The summed E-state index contributed by atoms with van der Waals surface area (Å²) < 4.78 is 26.8. The maximum atomic E-state index is 12.3. The monoisotopic (exact) mass is 392 g/mol. The van der Waals surface area contributed by atoms with Gasteiger partial charge in [-0.2, -0.15) is 5.10 Å². The molecule has 0 atom stereocenters. The van der Waals surface area contributed by atoms with Gasteiger partial charge in [0.05, 0.1) is 11.9 Å². The normalized spacial score (nSPS) is 11.6. The molecule has 0 unspecified atom stereocenters. The Bertz CT molecular complexity index is 900. The molecular formula is C19H28N4O3S. The predicted molar refractivity (Wildman–Crippen MR) is 108 cm³/mol. The molecule has 1 heterocycles. The fourth-order valence-electron chi connectivity index (χ4n) is 2.92. The van der Waals surface area contributed by atoms with Gasteiger partial charge >= 0.3 is 0 Å². The van der Waals surface area contributed by atoms with Crippen LogP contribution in [-0.4, -0.2) is 30.4 Å². The first-order valence-electron chi connectivity index (χ1n) is 8.95. The Morgan fingerprint density at radius 2 is 1.74 bits per heavy atom. The summed E-state index contributed by atoms with van der Waals surface area (Å²) in [5.74, 6) is 0.425. The molecule has 0 aliphatic heterocycles. The van der Waals surface area contributed by atoms with Crippen molar-refractivity contribution in [2.24, 2.45) is 5.92 Å². The maximum absolute atomic E-state index is 12.3. The second kappa shape index (κ2) is 8.56. The van der Waals surface area contributed by atoms with Crippen LogP contribution in [0.2, 0.25) is 0 Å². The zero-order valence-corrected chi connectivity index (χ0v) is 17.4. The molecule has 0 radical (unpaired) electrons. The Morgan fingerprint density at radius 1 is 1.15 bits per heavy atom. The smallest absolute Gasteiger partial charge is 0.229 e. The highest BCUT2D eigenvalue weighted by Crippen LogP contribution is 2.18. The third kappa shape index (κ3) is 6.39. The Morgan fingerprint density at radius 3 is 2.30 bits per heavy atom. The Balaban J connectivity index is 1.94. The summed E-state index contributed by atoms with van der Waals surface area (Å²) in [5.41, 5.74) is 4.29. The van der Waals surface area contributed by atoms with E-state index in [1.807, 2.05) is 18.5 Å². The number of aromatic nitrogens is 2. The van der Waals surface area contributed by atoms with E-state index < -0.39 is 10.0 Å². The van der Waals surface area contributed by atoms with Crippen LogP contribution >= 0.6 is 0 Å². The van der Waals surface area contributed by atoms with Crippen LogP contribution in [0.5, 0.6) is 0 Å². The fraction of sp³-hybridized carbons (Fsp3) is 0.474. The van der Waals surface area contributed by atoms with E-state index in [1.54, 1.807) is 24.3 Å². The molecule has 0 aliphatic rings. The molecule has 27 heavy (non-hydrogen) atoms. The predicted octanol–water partition coefficient (Wildman–Crippen LogP) is 3.10. The van der Waals surface area contributed by atoms with Gasteiger partial charge in [-0.05, 0) is 56.0 Å². The first-order valence-corrected chi connectivity index (χ1v) is 10.8. The molecular weight excluding hydrogens is 364 g/mol. The zero-order valence-electron chi connectivity index (χ0n) is 16.5. The number of amides is 1. The summed E-state index contributed by atoms with van der Waals surface area (Å²) >= 11 is 0. The van der Waals surface area contributed by atoms with Crippen LogP contribution in [-0.2, 0) is 27.8 Å². The van der Waals surface area contributed by atoms with Crippen molar-refractivity contribution < 1.29 is 13.2 Å². The Kier molecular flexibility index (Phi) is 6.64. The lowest BCUT2D eigenvalue weighted by Crippen LogP contribution is -2.13. The van der Waals surface area contributed by atoms with Crippen molar-refractivity contribution >= 4 is 27.3 Å². The number of aryl methyl sites for hydroxylation is 1. The van der Waals surface area contributed by atoms with E-state index in [-0.39, 0.29) is 5.91 Å². The lowest BCUT2D eigenvalue weighted by Gasteiger charge is -2.09. The van der Waals surface area contributed by atoms with Crippen molar-refractivity contribution in [1.82, 2.24) is 9.78 Å². The molecule has 1 aromatic heterocycles. The average molecular weight is 393 g/mol. The fourth-order valence-corrected chi connectivity index (χ4v) is 3.48. The van der Waals surface area contributed by atoms with Crippen LogP contribution in [0.4, 0.5) is 11.4 Å². The minimum Gasteiger partial charge on any atom is -0.326 e. The Hall–Kier alpha value is -2.35. The van der Waals surface area contributed by atoms with E-state index in [1.165, 1.54) is 0 Å². The number of hydrogen-bond acceptors (Lipinski definition) is 4. The van der Waals surface area contributed by atoms with Gasteiger partial charge in [0.15, 0.2) is 0 Å². The second-order valence-electron chi connectivity index (χ2n) is 7.23. The van der Waals surface area contributed by atoms with Gasteiger partial charge in [-0.15, -0.1) is 0 Å². The van der Waals surface area contributed by atoms with Crippen LogP contribution in [0.1, 0.15) is 37.2 Å². The highest BCUT2D eigenvalue weighted by Gasteiger charge is 2.14. The summed E-state index contributed by atoms with van der Waals surface area (Å²) in [6, 6.07) is 6.56. The highest BCUT2D eigenvalue weighted by molar-refractivity contribution is 7.92. The first kappa shape index (κ1) is 21.0. The molecule has 2 N–H and O–H groups in total. The van der Waals surface area contributed by atoms with Gasteiger partial charge < -0.3 is 5.32 Å². The summed E-state index contributed by atoms with van der Waals surface area (Å²) in [5, 5.41) is 7.42. The van der Waals surface area contributed by atoms with E-state index in [2.05, 4.69) is 29.0 Å². The number of nitrogens with zero attached hydrogens (tertiary/aromatic N) is 2. The second-order valence-corrected chi connectivity index (χ2v) is 8.97. The molecule has 148 valence electrons. The molecule has 1 amide bonds. The first-order chi connectivity index (χ1) is 12.5. The minimum absolute atomic E-state index is 0.0887. The highest BCUT2D eigenvalue weighted by atomic mass is 32.2. The van der Waals surface area contributed by atoms with Crippen molar-refractivity contribution in [3.8, 4) is 0 Å². The van der Waals surface area contributed by atoms with Crippen molar-refractivity contribution in [1.29, 1.82) is 0 Å². The largest absolute Gasteiger partial charge is 0.326 e. The van der Waals surface area contributed by atoms with Gasteiger partial charge in [-0.1, -0.05) is 13.8 Å². The standard InChI is InChI=1S/C19H28N4O3S/c1-13(2)12-23-15(4)18(14(3)21-23)10-11-19(24)20-16-6-8-17(9-7-16)22-27(5,25)26/h6-9,13,22H,10-12H2,1-5H3,(H,20,24). The number of benzene rings is 1. The van der Waals surface area contributed by atoms with Crippen molar-refractivity contribution in [2.75, 3.05) is 16.3 Å². The molecule has 7 nitrogen and oxygen atoms in total. The van der Waals surface area contributed by atoms with Gasteiger partial charge in [0.1, 0.15) is 0 Å². The third-order valence-electron chi connectivity index (χ3n) is 4.14. The lowest BCUT2D eigenvalue weighted by molar-refractivity contribution is -0.116. The topological polar surface area (TPSA) is 93.1 Å². The van der Waals surface area contributed by atoms with E-state index in [0.29, 0.717) is 30.1 Å². The molecule has 0 spiro atoms. The quantitative estimate of drug-likeness (QED) is 0.722. The third-order valence-corrected chi connectivity index (χ3v) is 4.75. The molecule has 1 aromatic carbocycles. The molecule has 0 saturated heterocycles. The number of rotatable bonds is 8. The van der Waals surface area contributed by atoms with Gasteiger partial charge in [-0.3, -0.25) is 14.2 Å². The van der Waals surface area contributed by atoms with Gasteiger partial charge in [-0.25, -0.2) is 8.42 Å². The minimum atomic E-state index is -3.31. The maximum Gasteiger partial charge on any atom is 0.229 e. The van der Waals surface area contributed by atoms with E-state index in [4.69, 9.17) is 0 Å². The van der Waals surface area contributed by atoms with E-state index >= 15 is 0 Å². The van der Waals surface area contributed by atoms with Crippen LogP contribution in [0, 0.1) is 19.8 Å². The molecule has 0 fully saturated rings. The van der Waals surface area contributed by atoms with Crippen LogP contribution < -0.4 is 10.0 Å².